The van der Waals surface area contributed by atoms with Gasteiger partial charge in [0.2, 0.25) is 10.0 Å². The fourth-order valence-corrected chi connectivity index (χ4v) is 3.97. The second-order valence-corrected chi connectivity index (χ2v) is 9.16. The third-order valence-electron chi connectivity index (χ3n) is 5.10. The van der Waals surface area contributed by atoms with Gasteiger partial charge in [0.15, 0.2) is 0 Å². The minimum Gasteiger partial charge on any atom is -0.313 e. The van der Waals surface area contributed by atoms with E-state index in [9.17, 15) is 8.42 Å². The minimum absolute atomic E-state index is 0.0453. The first kappa shape index (κ1) is 14.3. The molecule has 0 heterocycles. The molecule has 2 aliphatic carbocycles. The van der Waals surface area contributed by atoms with Gasteiger partial charge in [-0.05, 0) is 30.6 Å². The van der Waals surface area contributed by atoms with E-state index >= 15 is 0 Å². The maximum atomic E-state index is 12.2. The third-order valence-corrected chi connectivity index (χ3v) is 6.89. The van der Waals surface area contributed by atoms with Crippen LogP contribution in [0.4, 0.5) is 0 Å². The molecule has 0 aliphatic heterocycles. The summed E-state index contributed by atoms with van der Waals surface area (Å²) >= 11 is 0. The number of rotatable bonds is 6. The molecule has 0 bridgehead atoms. The first-order valence-electron chi connectivity index (χ1n) is 6.83. The van der Waals surface area contributed by atoms with E-state index in [4.69, 9.17) is 0 Å². The van der Waals surface area contributed by atoms with Crippen molar-refractivity contribution < 1.29 is 8.42 Å². The van der Waals surface area contributed by atoms with Gasteiger partial charge < -0.3 is 5.32 Å². The van der Waals surface area contributed by atoms with Crippen LogP contribution >= 0.6 is 0 Å². The van der Waals surface area contributed by atoms with Crippen molar-refractivity contribution in [2.24, 2.45) is 10.8 Å². The maximum absolute atomic E-state index is 12.2. The molecule has 1 unspecified atom stereocenters. The smallest absolute Gasteiger partial charge is 0.215 e. The molecule has 106 valence electrons. The highest BCUT2D eigenvalue weighted by atomic mass is 32.2. The number of nitrogens with one attached hydrogen (secondary N) is 2. The van der Waals surface area contributed by atoms with E-state index in [1.54, 1.807) is 6.92 Å². The molecular formula is C13H26N2O2S. The van der Waals surface area contributed by atoms with Gasteiger partial charge in [0.05, 0.1) is 5.25 Å². The fourth-order valence-electron chi connectivity index (χ4n) is 2.50. The van der Waals surface area contributed by atoms with Gasteiger partial charge in [-0.25, -0.2) is 13.1 Å². The van der Waals surface area contributed by atoms with Gasteiger partial charge >= 0.3 is 0 Å². The Morgan fingerprint density at radius 2 is 1.67 bits per heavy atom. The Labute approximate surface area is 111 Å². The Balaban J connectivity index is 1.91. The highest BCUT2D eigenvalue weighted by molar-refractivity contribution is 7.90. The summed E-state index contributed by atoms with van der Waals surface area (Å²) in [5.74, 6) is 0. The van der Waals surface area contributed by atoms with Crippen molar-refractivity contribution in [2.75, 3.05) is 6.54 Å². The monoisotopic (exact) mass is 274 g/mol. The van der Waals surface area contributed by atoms with Gasteiger partial charge in [-0.1, -0.05) is 27.7 Å². The van der Waals surface area contributed by atoms with E-state index in [0.717, 1.165) is 0 Å². The summed E-state index contributed by atoms with van der Waals surface area (Å²) in [7, 11) is -3.22. The molecule has 2 saturated carbocycles. The van der Waals surface area contributed by atoms with Crippen molar-refractivity contribution in [2.45, 2.75) is 64.8 Å². The highest BCUT2D eigenvalue weighted by Crippen LogP contribution is 2.62. The summed E-state index contributed by atoms with van der Waals surface area (Å²) in [6.07, 6.45) is 2.37. The van der Waals surface area contributed by atoms with Crippen LogP contribution in [-0.2, 0) is 10.0 Å². The quantitative estimate of drug-likeness (QED) is 0.771. The normalized spacial score (nSPS) is 28.1. The van der Waals surface area contributed by atoms with Crippen LogP contribution in [0, 0.1) is 10.8 Å². The van der Waals surface area contributed by atoms with E-state index < -0.39 is 10.0 Å². The summed E-state index contributed by atoms with van der Waals surface area (Å²) in [5, 5.41) is 2.91. The average molecular weight is 274 g/mol. The summed E-state index contributed by atoms with van der Waals surface area (Å²) in [5.41, 5.74) is 0.0907. The Kier molecular flexibility index (Phi) is 3.32. The van der Waals surface area contributed by atoms with Crippen molar-refractivity contribution in [3.05, 3.63) is 0 Å². The summed E-state index contributed by atoms with van der Waals surface area (Å²) in [6, 6.07) is 0.606. The van der Waals surface area contributed by atoms with Crippen LogP contribution in [0.2, 0.25) is 0 Å². The lowest BCUT2D eigenvalue weighted by atomic mass is 10.0. The molecule has 0 saturated heterocycles. The summed E-state index contributed by atoms with van der Waals surface area (Å²) in [4.78, 5) is 0. The van der Waals surface area contributed by atoms with Crippen molar-refractivity contribution in [1.29, 1.82) is 0 Å². The van der Waals surface area contributed by atoms with Crippen LogP contribution in [0.5, 0.6) is 0 Å². The van der Waals surface area contributed by atoms with Crippen molar-refractivity contribution in [3.63, 3.8) is 0 Å². The zero-order valence-corrected chi connectivity index (χ0v) is 12.9. The number of sulfonamides is 1. The molecule has 0 amide bonds. The van der Waals surface area contributed by atoms with Gasteiger partial charge in [-0.3, -0.25) is 0 Å². The molecule has 0 radical (unpaired) electrons. The minimum atomic E-state index is -3.22. The van der Waals surface area contributed by atoms with Gasteiger partial charge in [-0.15, -0.1) is 0 Å². The highest BCUT2D eigenvalue weighted by Gasteiger charge is 2.66. The van der Waals surface area contributed by atoms with E-state index in [1.165, 1.54) is 12.8 Å². The Hall–Kier alpha value is -0.130. The Morgan fingerprint density at radius 3 is 2.06 bits per heavy atom. The molecule has 0 spiro atoms. The van der Waals surface area contributed by atoms with Crippen LogP contribution in [0.15, 0.2) is 0 Å². The second kappa shape index (κ2) is 4.18. The van der Waals surface area contributed by atoms with Crippen LogP contribution < -0.4 is 10.0 Å². The van der Waals surface area contributed by atoms with E-state index in [0.29, 0.717) is 12.6 Å². The Bertz CT molecular complexity index is 410. The summed E-state index contributed by atoms with van der Waals surface area (Å²) in [6.45, 7) is 10.8. The van der Waals surface area contributed by atoms with E-state index in [1.807, 2.05) is 0 Å². The number of hydrogen-bond donors (Lipinski definition) is 2. The molecule has 5 heteroatoms. The van der Waals surface area contributed by atoms with Gasteiger partial charge in [0.25, 0.3) is 0 Å². The largest absolute Gasteiger partial charge is 0.313 e. The van der Waals surface area contributed by atoms with Gasteiger partial charge in [0.1, 0.15) is 0 Å². The maximum Gasteiger partial charge on any atom is 0.215 e. The lowest BCUT2D eigenvalue weighted by molar-refractivity contribution is 0.457. The van der Waals surface area contributed by atoms with Crippen LogP contribution in [-0.4, -0.2) is 32.3 Å². The van der Waals surface area contributed by atoms with Crippen LogP contribution in [0.25, 0.3) is 0 Å². The average Bonchev–Trinajstić information content (AvgIpc) is 3.11. The standard InChI is InChI=1S/C13H26N2O2S/c1-9(8-14-10-6-7-10)18(16,17)15-11-12(2,3)13(11,4)5/h9-11,14-15H,6-8H2,1-5H3. The van der Waals surface area contributed by atoms with Gasteiger partial charge in [-0.2, -0.15) is 0 Å². The SMILES string of the molecule is CC(CNC1CC1)S(=O)(=O)NC1C(C)(C)C1(C)C. The first-order valence-corrected chi connectivity index (χ1v) is 8.38. The number of hydrogen-bond acceptors (Lipinski definition) is 3. The molecule has 1 atom stereocenters. The van der Waals surface area contributed by atoms with Gasteiger partial charge in [0, 0.05) is 18.6 Å². The van der Waals surface area contributed by atoms with Crippen LogP contribution in [0.3, 0.4) is 0 Å². The molecule has 0 aromatic carbocycles. The molecule has 0 aromatic heterocycles. The van der Waals surface area contributed by atoms with Crippen LogP contribution in [0.1, 0.15) is 47.5 Å². The lowest BCUT2D eigenvalue weighted by Gasteiger charge is -2.15. The molecule has 2 rings (SSSR count). The molecule has 4 nitrogen and oxygen atoms in total. The zero-order chi connectivity index (χ0) is 13.8. The fraction of sp³-hybridized carbons (Fsp3) is 1.00. The topological polar surface area (TPSA) is 58.2 Å². The molecule has 18 heavy (non-hydrogen) atoms. The predicted molar refractivity (Wildman–Crippen MR) is 73.9 cm³/mol. The lowest BCUT2D eigenvalue weighted by Crippen LogP contribution is -2.41. The van der Waals surface area contributed by atoms with Crippen molar-refractivity contribution in [1.82, 2.24) is 10.0 Å². The zero-order valence-electron chi connectivity index (χ0n) is 12.1. The molecule has 2 fully saturated rings. The predicted octanol–water partition coefficient (Wildman–Crippen LogP) is 1.48. The third kappa shape index (κ3) is 2.45. The van der Waals surface area contributed by atoms with Crippen molar-refractivity contribution in [3.8, 4) is 0 Å². The molecule has 2 N–H and O–H groups in total. The molecule has 2 aliphatic rings. The molecule has 0 aromatic rings. The van der Waals surface area contributed by atoms with E-state index in [2.05, 4.69) is 37.7 Å². The summed E-state index contributed by atoms with van der Waals surface area (Å²) < 4.78 is 27.4. The second-order valence-electron chi connectivity index (χ2n) is 7.03. The molecular weight excluding hydrogens is 248 g/mol. The Morgan fingerprint density at radius 1 is 1.17 bits per heavy atom. The first-order chi connectivity index (χ1) is 8.09. The van der Waals surface area contributed by atoms with Crippen molar-refractivity contribution >= 4 is 10.0 Å². The van der Waals surface area contributed by atoms with E-state index in [-0.39, 0.29) is 22.1 Å².